The van der Waals surface area contributed by atoms with Crippen LogP contribution in [0.25, 0.3) is 0 Å². The Kier molecular flexibility index (Phi) is 7.22. The van der Waals surface area contributed by atoms with Crippen LogP contribution in [0.2, 0.25) is 0 Å². The fraction of sp³-hybridized carbons (Fsp3) is 0.182. The Morgan fingerprint density at radius 1 is 1.06 bits per heavy atom. The second kappa shape index (κ2) is 9.77. The zero-order valence-corrected chi connectivity index (χ0v) is 19.4. The largest absolute Gasteiger partial charge is 0.366 e. The molecular weight excluding hydrogens is 474 g/mol. The number of rotatable bonds is 8. The molecule has 3 aromatic rings. The quantitative estimate of drug-likeness (QED) is 0.243. The third-order valence-corrected chi connectivity index (χ3v) is 6.52. The maximum absolute atomic E-state index is 15.0. The summed E-state index contributed by atoms with van der Waals surface area (Å²) in [6.45, 7) is 1.65. The van der Waals surface area contributed by atoms with Crippen molar-refractivity contribution < 1.29 is 26.6 Å². The van der Waals surface area contributed by atoms with Crippen molar-refractivity contribution >= 4 is 33.4 Å². The van der Waals surface area contributed by atoms with Gasteiger partial charge in [0.15, 0.2) is 23.3 Å². The lowest BCUT2D eigenvalue weighted by Crippen LogP contribution is -2.34. The van der Waals surface area contributed by atoms with E-state index < -0.39 is 57.2 Å². The predicted molar refractivity (Wildman–Crippen MR) is 124 cm³/mol. The minimum atomic E-state index is -3.15. The monoisotopic (exact) mass is 497 g/mol. The van der Waals surface area contributed by atoms with E-state index in [2.05, 4.69) is 19.7 Å². The molecular formula is C22H23F4N5O2S. The van der Waals surface area contributed by atoms with Crippen LogP contribution < -0.4 is 20.5 Å². The third kappa shape index (κ3) is 5.34. The van der Waals surface area contributed by atoms with Gasteiger partial charge in [-0.25, -0.2) is 27.3 Å². The molecule has 0 aliphatic carbocycles. The van der Waals surface area contributed by atoms with Crippen LogP contribution in [0.4, 0.5) is 34.8 Å². The molecule has 0 aliphatic rings. The predicted octanol–water partition coefficient (Wildman–Crippen LogP) is 3.49. The Bertz CT molecular complexity index is 1320. The number of amides is 1. The molecule has 7 nitrogen and oxygen atoms in total. The number of halogens is 4. The number of carbonyl (C=O) groups is 1. The highest BCUT2D eigenvalue weighted by atomic mass is 32.3. The number of hydrogen-bond acceptors (Lipinski definition) is 4. The van der Waals surface area contributed by atoms with Crippen molar-refractivity contribution in [3.8, 4) is 0 Å². The lowest BCUT2D eigenvalue weighted by Gasteiger charge is -2.21. The van der Waals surface area contributed by atoms with Crippen LogP contribution >= 0.6 is 0 Å². The van der Waals surface area contributed by atoms with Gasteiger partial charge in [-0.2, -0.15) is 0 Å². The van der Waals surface area contributed by atoms with Gasteiger partial charge in [-0.3, -0.25) is 13.7 Å². The Balaban J connectivity index is 2.03. The fourth-order valence-corrected chi connectivity index (χ4v) is 3.81. The summed E-state index contributed by atoms with van der Waals surface area (Å²) >= 11 is 0. The average Bonchev–Trinajstić information content (AvgIpc) is 2.77. The summed E-state index contributed by atoms with van der Waals surface area (Å²) < 4.78 is 76.2. The molecule has 0 spiro atoms. The van der Waals surface area contributed by atoms with Gasteiger partial charge in [-0.1, -0.05) is 6.07 Å². The zero-order chi connectivity index (χ0) is 25.2. The molecule has 34 heavy (non-hydrogen) atoms. The van der Waals surface area contributed by atoms with Crippen LogP contribution in [0.3, 0.4) is 0 Å². The topological polar surface area (TPSA) is 109 Å². The van der Waals surface area contributed by atoms with E-state index in [1.807, 2.05) is 0 Å². The number of benzene rings is 2. The Labute approximate surface area is 194 Å². The van der Waals surface area contributed by atoms with Crippen LogP contribution in [0, 0.1) is 30.2 Å². The summed E-state index contributed by atoms with van der Waals surface area (Å²) in [6, 6.07) is 6.23. The highest BCUT2D eigenvalue weighted by molar-refractivity contribution is 8.01. The summed E-state index contributed by atoms with van der Waals surface area (Å²) in [7, 11) is -1.73. The number of aryl methyl sites for hydroxylation is 1. The molecule has 0 saturated carbocycles. The van der Waals surface area contributed by atoms with Crippen molar-refractivity contribution in [3.05, 3.63) is 82.1 Å². The molecule has 2 aromatic carbocycles. The highest BCUT2D eigenvalue weighted by Crippen LogP contribution is 2.31. The SMILES string of the molecule is CN[SH](C)(=O)Nc1nccc(Cc2cc(C(N)=O)c(Nc3ccc(C)cc3F)c(F)c2F)c1F. The van der Waals surface area contributed by atoms with Crippen molar-refractivity contribution in [2.24, 2.45) is 5.73 Å². The molecule has 1 amide bonds. The Hall–Kier alpha value is -3.51. The molecule has 12 heteroatoms. The summed E-state index contributed by atoms with van der Waals surface area (Å²) in [5.41, 5.74) is 4.20. The van der Waals surface area contributed by atoms with Gasteiger partial charge in [0.05, 0.1) is 16.9 Å². The zero-order valence-electron chi connectivity index (χ0n) is 18.5. The molecule has 0 saturated heterocycles. The molecule has 0 atom stereocenters. The second-order valence-corrected chi connectivity index (χ2v) is 10.1. The number of nitrogens with one attached hydrogen (secondary N) is 3. The molecule has 1 aromatic heterocycles. The minimum Gasteiger partial charge on any atom is -0.366 e. The van der Waals surface area contributed by atoms with E-state index in [1.165, 1.54) is 37.7 Å². The van der Waals surface area contributed by atoms with Crippen molar-refractivity contribution in [2.75, 3.05) is 23.3 Å². The Morgan fingerprint density at radius 3 is 2.38 bits per heavy atom. The normalized spacial score (nSPS) is 11.9. The molecule has 0 unspecified atom stereocenters. The Morgan fingerprint density at radius 2 is 1.76 bits per heavy atom. The van der Waals surface area contributed by atoms with Gasteiger partial charge in [-0.05, 0) is 54.9 Å². The maximum atomic E-state index is 15.0. The lowest BCUT2D eigenvalue weighted by molar-refractivity contribution is 0.100. The number of anilines is 3. The van der Waals surface area contributed by atoms with Crippen LogP contribution in [-0.4, -0.2) is 28.4 Å². The number of nitrogens with two attached hydrogens (primary N) is 1. The van der Waals surface area contributed by atoms with Gasteiger partial charge in [0.25, 0.3) is 5.91 Å². The first-order valence-corrected chi connectivity index (χ1v) is 12.1. The first-order chi connectivity index (χ1) is 15.9. The number of thiol groups is 1. The summed E-state index contributed by atoms with van der Waals surface area (Å²) in [4.78, 5) is 15.8. The van der Waals surface area contributed by atoms with E-state index in [9.17, 15) is 26.6 Å². The second-order valence-electron chi connectivity index (χ2n) is 7.63. The number of aromatic nitrogens is 1. The van der Waals surface area contributed by atoms with Crippen LogP contribution in [0.15, 0.2) is 36.5 Å². The van der Waals surface area contributed by atoms with Crippen molar-refractivity contribution in [1.29, 1.82) is 0 Å². The fourth-order valence-electron chi connectivity index (χ4n) is 3.14. The molecule has 0 bridgehead atoms. The van der Waals surface area contributed by atoms with Gasteiger partial charge in [0, 0.05) is 29.2 Å². The number of carbonyl (C=O) groups excluding carboxylic acids is 1. The highest BCUT2D eigenvalue weighted by Gasteiger charge is 2.24. The van der Waals surface area contributed by atoms with Crippen molar-refractivity contribution in [3.63, 3.8) is 0 Å². The van der Waals surface area contributed by atoms with Gasteiger partial charge in [0.1, 0.15) is 5.82 Å². The first-order valence-electron chi connectivity index (χ1n) is 9.95. The van der Waals surface area contributed by atoms with E-state index in [0.717, 1.165) is 6.07 Å². The van der Waals surface area contributed by atoms with E-state index >= 15 is 0 Å². The van der Waals surface area contributed by atoms with Crippen LogP contribution in [0.1, 0.15) is 27.0 Å². The first kappa shape index (κ1) is 25.1. The van der Waals surface area contributed by atoms with E-state index in [0.29, 0.717) is 5.56 Å². The summed E-state index contributed by atoms with van der Waals surface area (Å²) in [5, 5.41) is 2.38. The number of primary amides is 1. The molecule has 0 radical (unpaired) electrons. The molecule has 5 N–H and O–H groups in total. The van der Waals surface area contributed by atoms with E-state index in [-0.39, 0.29) is 22.6 Å². The molecule has 0 aliphatic heterocycles. The molecule has 182 valence electrons. The van der Waals surface area contributed by atoms with E-state index in [1.54, 1.807) is 13.0 Å². The standard InChI is InChI=1S/C22H23F4N5O2S/c1-11-4-5-16(15(23)8-11)30-20-14(21(27)32)10-13(17(24)19(20)26)9-12-6-7-29-22(18(12)25)31-34(3,33)28-2/h4-8,10,30,34H,9H2,1-3H3,(H2,27,32)(H2,28,29,31,33). The number of pyridine rings is 1. The van der Waals surface area contributed by atoms with Gasteiger partial charge in [0.2, 0.25) is 0 Å². The van der Waals surface area contributed by atoms with Gasteiger partial charge >= 0.3 is 0 Å². The van der Waals surface area contributed by atoms with Gasteiger partial charge in [-0.15, -0.1) is 0 Å². The lowest BCUT2D eigenvalue weighted by atomic mass is 10.00. The minimum absolute atomic E-state index is 0.104. The van der Waals surface area contributed by atoms with Crippen LogP contribution in [0.5, 0.6) is 0 Å². The molecule has 3 rings (SSSR count). The third-order valence-electron chi connectivity index (χ3n) is 5.03. The average molecular weight is 498 g/mol. The van der Waals surface area contributed by atoms with Crippen molar-refractivity contribution in [1.82, 2.24) is 9.71 Å². The van der Waals surface area contributed by atoms with Gasteiger partial charge < -0.3 is 11.1 Å². The number of nitrogens with zero attached hydrogens (tertiary/aromatic N) is 1. The van der Waals surface area contributed by atoms with Crippen molar-refractivity contribution in [2.45, 2.75) is 13.3 Å². The smallest absolute Gasteiger partial charge is 0.250 e. The molecule has 1 heterocycles. The van der Waals surface area contributed by atoms with Crippen LogP contribution in [-0.2, 0) is 16.7 Å². The number of hydrogen-bond donors (Lipinski definition) is 5. The summed E-state index contributed by atoms with van der Waals surface area (Å²) in [6.07, 6.45) is 2.05. The maximum Gasteiger partial charge on any atom is 0.250 e. The van der Waals surface area contributed by atoms with E-state index in [4.69, 9.17) is 5.73 Å². The summed E-state index contributed by atoms with van der Waals surface area (Å²) in [5.74, 6) is -5.97. The molecule has 0 fully saturated rings.